The molecule has 1 amide bonds. The molecule has 1 aromatic carbocycles. The van der Waals surface area contributed by atoms with Gasteiger partial charge in [0.05, 0.1) is 25.3 Å². The van der Waals surface area contributed by atoms with E-state index in [-0.39, 0.29) is 17.5 Å². The first-order valence-corrected chi connectivity index (χ1v) is 9.95. The van der Waals surface area contributed by atoms with E-state index in [2.05, 4.69) is 5.32 Å². The van der Waals surface area contributed by atoms with Gasteiger partial charge in [-0.1, -0.05) is 29.8 Å². The molecule has 2 fully saturated rings. The Kier molecular flexibility index (Phi) is 5.53. The van der Waals surface area contributed by atoms with E-state index < -0.39 is 5.79 Å². The molecule has 0 bridgehead atoms. The van der Waals surface area contributed by atoms with E-state index in [9.17, 15) is 9.59 Å². The zero-order chi connectivity index (χ0) is 19.6. The fourth-order valence-electron chi connectivity index (χ4n) is 3.86. The van der Waals surface area contributed by atoms with Crippen molar-refractivity contribution in [3.8, 4) is 0 Å². The topological polar surface area (TPSA) is 69.6 Å². The number of amides is 1. The van der Waals surface area contributed by atoms with E-state index in [1.54, 1.807) is 18.3 Å². The zero-order valence-electron chi connectivity index (χ0n) is 15.5. The Bertz CT molecular complexity index is 911. The molecule has 0 unspecified atom stereocenters. The van der Waals surface area contributed by atoms with Crippen LogP contribution in [0.5, 0.6) is 0 Å². The van der Waals surface area contributed by atoms with Crippen molar-refractivity contribution in [3.05, 3.63) is 69.1 Å². The minimum Gasteiger partial charge on any atom is -0.349 e. The normalized spacial score (nSPS) is 19.0. The Morgan fingerprint density at radius 2 is 1.86 bits per heavy atom. The largest absolute Gasteiger partial charge is 0.349 e. The highest BCUT2D eigenvalue weighted by molar-refractivity contribution is 6.31. The highest BCUT2D eigenvalue weighted by Crippen LogP contribution is 2.35. The first-order valence-electron chi connectivity index (χ1n) is 9.57. The van der Waals surface area contributed by atoms with Crippen LogP contribution in [0.4, 0.5) is 0 Å². The molecule has 1 aromatic heterocycles. The monoisotopic (exact) mass is 402 g/mol. The van der Waals surface area contributed by atoms with Gasteiger partial charge in [0.25, 0.3) is 11.5 Å². The summed E-state index contributed by atoms with van der Waals surface area (Å²) in [5.41, 5.74) is 1.12. The molecule has 0 atom stereocenters. The van der Waals surface area contributed by atoms with Gasteiger partial charge in [-0.3, -0.25) is 9.59 Å². The number of ether oxygens (including phenoxy) is 2. The number of nitrogens with one attached hydrogen (secondary N) is 1. The van der Waals surface area contributed by atoms with E-state index >= 15 is 0 Å². The molecule has 2 aromatic rings. The predicted molar refractivity (Wildman–Crippen MR) is 106 cm³/mol. The van der Waals surface area contributed by atoms with E-state index in [1.807, 2.05) is 18.2 Å². The van der Waals surface area contributed by atoms with E-state index in [0.29, 0.717) is 30.3 Å². The number of halogens is 1. The van der Waals surface area contributed by atoms with E-state index in [1.165, 1.54) is 10.6 Å². The molecule has 2 aliphatic rings. The fraction of sp³-hybridized carbons (Fsp3) is 0.429. The molecule has 2 heterocycles. The SMILES string of the molecule is O=C(NC1CCC2(CC1)OCCO2)c1ccc(=O)n(Cc2ccccc2Cl)c1. The van der Waals surface area contributed by atoms with Crippen LogP contribution >= 0.6 is 11.6 Å². The Morgan fingerprint density at radius 3 is 2.57 bits per heavy atom. The second-order valence-electron chi connectivity index (χ2n) is 7.33. The quantitative estimate of drug-likeness (QED) is 0.853. The van der Waals surface area contributed by atoms with Gasteiger partial charge >= 0.3 is 0 Å². The number of hydrogen-bond acceptors (Lipinski definition) is 4. The number of carbonyl (C=O) groups is 1. The van der Waals surface area contributed by atoms with Crippen LogP contribution in [-0.4, -0.2) is 35.5 Å². The number of aromatic nitrogens is 1. The molecule has 7 heteroatoms. The summed E-state index contributed by atoms with van der Waals surface area (Å²) in [6, 6.07) is 10.4. The van der Waals surface area contributed by atoms with Crippen LogP contribution in [-0.2, 0) is 16.0 Å². The lowest BCUT2D eigenvalue weighted by atomic mass is 9.90. The zero-order valence-corrected chi connectivity index (χ0v) is 16.3. The molecule has 0 radical (unpaired) electrons. The van der Waals surface area contributed by atoms with Gasteiger partial charge in [0.2, 0.25) is 0 Å². The molecule has 1 saturated heterocycles. The number of carbonyl (C=O) groups excluding carboxylic acids is 1. The third-order valence-electron chi connectivity index (χ3n) is 5.44. The third kappa shape index (κ3) is 4.14. The predicted octanol–water partition coefficient (Wildman–Crippen LogP) is 2.97. The minimum atomic E-state index is -0.441. The molecule has 1 saturated carbocycles. The molecular weight excluding hydrogens is 380 g/mol. The maximum atomic E-state index is 12.7. The average Bonchev–Trinajstić information content (AvgIpc) is 3.15. The lowest BCUT2D eigenvalue weighted by molar-refractivity contribution is -0.179. The van der Waals surface area contributed by atoms with Gasteiger partial charge in [-0.15, -0.1) is 0 Å². The van der Waals surface area contributed by atoms with Crippen molar-refractivity contribution in [2.45, 2.75) is 44.1 Å². The molecule has 4 rings (SSSR count). The fourth-order valence-corrected chi connectivity index (χ4v) is 4.05. The standard InChI is InChI=1S/C21H23ClN2O4/c22-18-4-2-1-3-15(18)13-24-14-16(5-6-19(24)25)20(26)23-17-7-9-21(10-8-17)27-11-12-28-21/h1-6,14,17H,7-13H2,(H,23,26). The summed E-state index contributed by atoms with van der Waals surface area (Å²) in [7, 11) is 0. The van der Waals surface area contributed by atoms with E-state index in [4.69, 9.17) is 21.1 Å². The second kappa shape index (κ2) is 8.07. The van der Waals surface area contributed by atoms with Gasteiger partial charge in [-0.05, 0) is 30.5 Å². The van der Waals surface area contributed by atoms with Crippen LogP contribution in [0.3, 0.4) is 0 Å². The number of benzene rings is 1. The minimum absolute atomic E-state index is 0.0786. The van der Waals surface area contributed by atoms with Crippen molar-refractivity contribution in [2.75, 3.05) is 13.2 Å². The van der Waals surface area contributed by atoms with Crippen molar-refractivity contribution in [3.63, 3.8) is 0 Å². The van der Waals surface area contributed by atoms with Crippen LogP contribution in [0.25, 0.3) is 0 Å². The van der Waals surface area contributed by atoms with Crippen molar-refractivity contribution in [2.24, 2.45) is 0 Å². The molecule has 1 spiro atoms. The van der Waals surface area contributed by atoms with Crippen LogP contribution < -0.4 is 10.9 Å². The first-order chi connectivity index (χ1) is 13.5. The first kappa shape index (κ1) is 19.2. The summed E-state index contributed by atoms with van der Waals surface area (Å²) in [5.74, 6) is -0.620. The maximum absolute atomic E-state index is 12.7. The summed E-state index contributed by atoms with van der Waals surface area (Å²) in [5, 5.41) is 3.67. The van der Waals surface area contributed by atoms with Crippen LogP contribution in [0.2, 0.25) is 5.02 Å². The summed E-state index contributed by atoms with van der Waals surface area (Å²) in [6.07, 6.45) is 4.78. The molecule has 1 aliphatic carbocycles. The van der Waals surface area contributed by atoms with Gasteiger partial charge < -0.3 is 19.4 Å². The maximum Gasteiger partial charge on any atom is 0.252 e. The van der Waals surface area contributed by atoms with Crippen LogP contribution in [0.15, 0.2) is 47.4 Å². The highest BCUT2D eigenvalue weighted by atomic mass is 35.5. The van der Waals surface area contributed by atoms with Gasteiger partial charge in [0, 0.05) is 36.2 Å². The van der Waals surface area contributed by atoms with Crippen molar-refractivity contribution >= 4 is 17.5 Å². The van der Waals surface area contributed by atoms with Gasteiger partial charge in [-0.2, -0.15) is 0 Å². The van der Waals surface area contributed by atoms with Gasteiger partial charge in [0.15, 0.2) is 5.79 Å². The number of nitrogens with zero attached hydrogens (tertiary/aromatic N) is 1. The molecule has 1 aliphatic heterocycles. The van der Waals surface area contributed by atoms with Crippen LogP contribution in [0.1, 0.15) is 41.6 Å². The third-order valence-corrected chi connectivity index (χ3v) is 5.81. The van der Waals surface area contributed by atoms with Gasteiger partial charge in [-0.25, -0.2) is 0 Å². The molecule has 28 heavy (non-hydrogen) atoms. The van der Waals surface area contributed by atoms with Crippen molar-refractivity contribution in [1.29, 1.82) is 0 Å². The summed E-state index contributed by atoms with van der Waals surface area (Å²) in [6.45, 7) is 1.61. The van der Waals surface area contributed by atoms with Crippen molar-refractivity contribution < 1.29 is 14.3 Å². The summed E-state index contributed by atoms with van der Waals surface area (Å²) in [4.78, 5) is 24.9. The Balaban J connectivity index is 1.42. The molecule has 1 N–H and O–H groups in total. The van der Waals surface area contributed by atoms with Gasteiger partial charge in [0.1, 0.15) is 0 Å². The van der Waals surface area contributed by atoms with Crippen molar-refractivity contribution in [1.82, 2.24) is 9.88 Å². The molecule has 6 nitrogen and oxygen atoms in total. The lowest BCUT2D eigenvalue weighted by Gasteiger charge is -2.35. The second-order valence-corrected chi connectivity index (χ2v) is 7.74. The van der Waals surface area contributed by atoms with E-state index in [0.717, 1.165) is 31.2 Å². The van der Waals surface area contributed by atoms with Crippen LogP contribution in [0, 0.1) is 0 Å². The lowest BCUT2D eigenvalue weighted by Crippen LogP contribution is -2.44. The number of rotatable bonds is 4. The smallest absolute Gasteiger partial charge is 0.252 e. The highest BCUT2D eigenvalue weighted by Gasteiger charge is 2.40. The Labute approximate surface area is 168 Å². The summed E-state index contributed by atoms with van der Waals surface area (Å²) < 4.78 is 13.0. The summed E-state index contributed by atoms with van der Waals surface area (Å²) >= 11 is 6.19. The Morgan fingerprint density at radius 1 is 1.14 bits per heavy atom. The Hall–Kier alpha value is -2.15. The molecular formula is C21H23ClN2O4. The number of pyridine rings is 1. The average molecular weight is 403 g/mol. The number of hydrogen-bond donors (Lipinski definition) is 1. The molecule has 148 valence electrons.